The summed E-state index contributed by atoms with van der Waals surface area (Å²) in [7, 11) is 0. The standard InChI is InChI=1S/C12H10F3NO3/c13-12(14,15)9(17)16-8-3-1-2-7(6-8)11(4-5-11)10(18)19/h1-3,6H,4-5H2,(H,16,17)(H,18,19). The summed E-state index contributed by atoms with van der Waals surface area (Å²) in [6.07, 6.45) is -4.09. The summed E-state index contributed by atoms with van der Waals surface area (Å²) in [5, 5.41) is 10.8. The van der Waals surface area contributed by atoms with Gasteiger partial charge in [0, 0.05) is 5.69 Å². The molecule has 0 bridgehead atoms. The van der Waals surface area contributed by atoms with Gasteiger partial charge in [-0.2, -0.15) is 13.2 Å². The largest absolute Gasteiger partial charge is 0.481 e. The van der Waals surface area contributed by atoms with Gasteiger partial charge < -0.3 is 10.4 Å². The molecule has 0 atom stereocenters. The van der Waals surface area contributed by atoms with Crippen molar-refractivity contribution in [2.75, 3.05) is 5.32 Å². The van der Waals surface area contributed by atoms with Crippen LogP contribution in [0, 0.1) is 0 Å². The van der Waals surface area contributed by atoms with E-state index in [1.165, 1.54) is 24.3 Å². The molecule has 0 aromatic heterocycles. The Morgan fingerprint density at radius 2 is 1.89 bits per heavy atom. The minimum atomic E-state index is -4.97. The van der Waals surface area contributed by atoms with Crippen molar-refractivity contribution in [3.05, 3.63) is 29.8 Å². The molecular weight excluding hydrogens is 263 g/mol. The van der Waals surface area contributed by atoms with Crippen LogP contribution in [0.5, 0.6) is 0 Å². The second kappa shape index (κ2) is 4.25. The molecule has 0 spiro atoms. The molecule has 1 aromatic rings. The van der Waals surface area contributed by atoms with Gasteiger partial charge in [0.2, 0.25) is 0 Å². The normalized spacial score (nSPS) is 16.8. The van der Waals surface area contributed by atoms with E-state index in [9.17, 15) is 22.8 Å². The van der Waals surface area contributed by atoms with E-state index < -0.39 is 23.5 Å². The van der Waals surface area contributed by atoms with Crippen LogP contribution in [0.15, 0.2) is 24.3 Å². The van der Waals surface area contributed by atoms with Crippen LogP contribution in [0.25, 0.3) is 0 Å². The zero-order valence-electron chi connectivity index (χ0n) is 9.62. The number of anilines is 1. The fraction of sp³-hybridized carbons (Fsp3) is 0.333. The topological polar surface area (TPSA) is 66.4 Å². The zero-order chi connectivity index (χ0) is 14.3. The molecule has 19 heavy (non-hydrogen) atoms. The monoisotopic (exact) mass is 273 g/mol. The fourth-order valence-electron chi connectivity index (χ4n) is 1.85. The molecule has 1 fully saturated rings. The van der Waals surface area contributed by atoms with E-state index in [1.807, 2.05) is 0 Å². The van der Waals surface area contributed by atoms with Crippen molar-refractivity contribution in [1.82, 2.24) is 0 Å². The highest BCUT2D eigenvalue weighted by atomic mass is 19.4. The highest BCUT2D eigenvalue weighted by molar-refractivity contribution is 5.95. The van der Waals surface area contributed by atoms with Gasteiger partial charge >= 0.3 is 18.1 Å². The Bertz CT molecular complexity index is 535. The van der Waals surface area contributed by atoms with Crippen molar-refractivity contribution < 1.29 is 27.9 Å². The van der Waals surface area contributed by atoms with Crippen LogP contribution in [-0.4, -0.2) is 23.2 Å². The third-order valence-corrected chi connectivity index (χ3v) is 3.09. The van der Waals surface area contributed by atoms with Crippen LogP contribution >= 0.6 is 0 Å². The molecule has 0 unspecified atom stereocenters. The quantitative estimate of drug-likeness (QED) is 0.888. The Kier molecular flexibility index (Phi) is 3.00. The highest BCUT2D eigenvalue weighted by Crippen LogP contribution is 2.48. The van der Waals surface area contributed by atoms with Crippen LogP contribution in [0.1, 0.15) is 18.4 Å². The molecule has 2 rings (SSSR count). The summed E-state index contributed by atoms with van der Waals surface area (Å²) in [4.78, 5) is 21.9. The van der Waals surface area contributed by atoms with Crippen LogP contribution in [0.3, 0.4) is 0 Å². The molecule has 7 heteroatoms. The number of alkyl halides is 3. The summed E-state index contributed by atoms with van der Waals surface area (Å²) < 4.78 is 36.3. The molecule has 4 nitrogen and oxygen atoms in total. The first-order valence-corrected chi connectivity index (χ1v) is 5.48. The molecular formula is C12H10F3NO3. The van der Waals surface area contributed by atoms with Gasteiger partial charge in [0.15, 0.2) is 0 Å². The lowest BCUT2D eigenvalue weighted by Gasteiger charge is -2.13. The number of amides is 1. The molecule has 102 valence electrons. The predicted molar refractivity (Wildman–Crippen MR) is 59.7 cm³/mol. The van der Waals surface area contributed by atoms with Crippen molar-refractivity contribution in [2.24, 2.45) is 0 Å². The molecule has 1 saturated carbocycles. The molecule has 0 radical (unpaired) electrons. The number of carboxylic acid groups (broad SMARTS) is 1. The number of aliphatic carboxylic acids is 1. The van der Waals surface area contributed by atoms with E-state index >= 15 is 0 Å². The van der Waals surface area contributed by atoms with Gasteiger partial charge in [0.1, 0.15) is 0 Å². The number of rotatable bonds is 3. The Balaban J connectivity index is 2.22. The van der Waals surface area contributed by atoms with E-state index in [4.69, 9.17) is 5.11 Å². The van der Waals surface area contributed by atoms with Crippen LogP contribution in [0.4, 0.5) is 18.9 Å². The lowest BCUT2D eigenvalue weighted by atomic mass is 9.96. The number of hydrogen-bond donors (Lipinski definition) is 2. The van der Waals surface area contributed by atoms with Gasteiger partial charge in [-0.1, -0.05) is 12.1 Å². The van der Waals surface area contributed by atoms with Gasteiger partial charge in [-0.3, -0.25) is 9.59 Å². The molecule has 2 N–H and O–H groups in total. The van der Waals surface area contributed by atoms with Crippen LogP contribution < -0.4 is 5.32 Å². The summed E-state index contributed by atoms with van der Waals surface area (Å²) in [5.74, 6) is -3.09. The van der Waals surface area contributed by atoms with E-state index in [1.54, 1.807) is 5.32 Å². The first-order chi connectivity index (χ1) is 8.75. The number of benzene rings is 1. The second-order valence-corrected chi connectivity index (χ2v) is 4.42. The highest BCUT2D eigenvalue weighted by Gasteiger charge is 2.51. The zero-order valence-corrected chi connectivity index (χ0v) is 9.62. The maximum absolute atomic E-state index is 12.1. The smallest absolute Gasteiger partial charge is 0.471 e. The van der Waals surface area contributed by atoms with Crippen molar-refractivity contribution in [2.45, 2.75) is 24.4 Å². The number of carboxylic acids is 1. The van der Waals surface area contributed by atoms with Crippen molar-refractivity contribution >= 4 is 17.6 Å². The Hall–Kier alpha value is -2.05. The minimum absolute atomic E-state index is 0.0626. The number of halogens is 3. The van der Waals surface area contributed by atoms with E-state index in [2.05, 4.69) is 0 Å². The predicted octanol–water partition coefficient (Wildman–Crippen LogP) is 2.30. The molecule has 0 saturated heterocycles. The number of nitrogens with one attached hydrogen (secondary N) is 1. The summed E-state index contributed by atoms with van der Waals surface area (Å²) in [6, 6.07) is 5.50. The first-order valence-electron chi connectivity index (χ1n) is 5.48. The third kappa shape index (κ3) is 2.54. The van der Waals surface area contributed by atoms with Crippen LogP contribution in [-0.2, 0) is 15.0 Å². The summed E-state index contributed by atoms with van der Waals surface area (Å²) >= 11 is 0. The van der Waals surface area contributed by atoms with Gasteiger partial charge in [-0.15, -0.1) is 0 Å². The lowest BCUT2D eigenvalue weighted by molar-refractivity contribution is -0.167. The number of hydrogen-bond acceptors (Lipinski definition) is 2. The van der Waals surface area contributed by atoms with Crippen molar-refractivity contribution in [3.8, 4) is 0 Å². The van der Waals surface area contributed by atoms with Gasteiger partial charge in [-0.05, 0) is 30.5 Å². The van der Waals surface area contributed by atoms with E-state index in [-0.39, 0.29) is 5.69 Å². The van der Waals surface area contributed by atoms with Crippen molar-refractivity contribution in [3.63, 3.8) is 0 Å². The number of carbonyl (C=O) groups excluding carboxylic acids is 1. The Labute approximate surface area is 106 Å². The maximum Gasteiger partial charge on any atom is 0.471 e. The van der Waals surface area contributed by atoms with Gasteiger partial charge in [0.05, 0.1) is 5.41 Å². The summed E-state index contributed by atoms with van der Waals surface area (Å²) in [6.45, 7) is 0. The second-order valence-electron chi connectivity index (χ2n) is 4.42. The summed E-state index contributed by atoms with van der Waals surface area (Å²) in [5.41, 5.74) is -0.675. The SMILES string of the molecule is O=C(Nc1cccc(C2(C(=O)O)CC2)c1)C(F)(F)F. The van der Waals surface area contributed by atoms with Gasteiger partial charge in [-0.25, -0.2) is 0 Å². The molecule has 1 aliphatic rings. The number of carbonyl (C=O) groups is 2. The average molecular weight is 273 g/mol. The van der Waals surface area contributed by atoms with E-state index in [0.29, 0.717) is 18.4 Å². The average Bonchev–Trinajstić information content (AvgIpc) is 3.09. The molecule has 0 heterocycles. The first kappa shape index (κ1) is 13.4. The third-order valence-electron chi connectivity index (χ3n) is 3.09. The Morgan fingerprint density at radius 3 is 2.37 bits per heavy atom. The fourth-order valence-corrected chi connectivity index (χ4v) is 1.85. The molecule has 1 aliphatic carbocycles. The maximum atomic E-state index is 12.1. The molecule has 1 amide bonds. The molecule has 1 aromatic carbocycles. The van der Waals surface area contributed by atoms with E-state index in [0.717, 1.165) is 0 Å². The Morgan fingerprint density at radius 1 is 1.26 bits per heavy atom. The van der Waals surface area contributed by atoms with Gasteiger partial charge in [0.25, 0.3) is 0 Å². The van der Waals surface area contributed by atoms with Crippen molar-refractivity contribution in [1.29, 1.82) is 0 Å². The minimum Gasteiger partial charge on any atom is -0.481 e. The molecule has 0 aliphatic heterocycles. The lowest BCUT2D eigenvalue weighted by Crippen LogP contribution is -2.30. The van der Waals surface area contributed by atoms with Crippen LogP contribution in [0.2, 0.25) is 0 Å².